The number of carbonyl (C=O) groups excluding carboxylic acids is 2. The Morgan fingerprint density at radius 2 is 1.77 bits per heavy atom. The van der Waals surface area contributed by atoms with Crippen LogP contribution in [0, 0.1) is 11.3 Å². The summed E-state index contributed by atoms with van der Waals surface area (Å²) in [4.78, 5) is 28.7. The summed E-state index contributed by atoms with van der Waals surface area (Å²) in [6, 6.07) is 7.13. The fourth-order valence-electron chi connectivity index (χ4n) is 3.84. The SMILES string of the molecule is CC1(C)OCC2(CO1)CN(C(=O)C1CC(=O)N(c3ccc(Cl)cc3)C1)C2. The summed E-state index contributed by atoms with van der Waals surface area (Å²) in [6.07, 6.45) is 0.255. The van der Waals surface area contributed by atoms with Gasteiger partial charge in [-0.2, -0.15) is 0 Å². The second kappa shape index (κ2) is 6.22. The molecule has 140 valence electrons. The maximum Gasteiger partial charge on any atom is 0.228 e. The molecule has 7 heteroatoms. The average molecular weight is 379 g/mol. The van der Waals surface area contributed by atoms with Gasteiger partial charge in [0, 0.05) is 36.8 Å². The number of hydrogen-bond donors (Lipinski definition) is 0. The molecule has 1 aromatic carbocycles. The van der Waals surface area contributed by atoms with Gasteiger partial charge < -0.3 is 19.3 Å². The molecule has 0 aliphatic carbocycles. The minimum absolute atomic E-state index is 0.0213. The van der Waals surface area contributed by atoms with Gasteiger partial charge in [0.2, 0.25) is 11.8 Å². The number of amides is 2. The lowest BCUT2D eigenvalue weighted by Gasteiger charge is -2.54. The van der Waals surface area contributed by atoms with Crippen LogP contribution in [-0.4, -0.2) is 55.3 Å². The van der Waals surface area contributed by atoms with Gasteiger partial charge in [-0.05, 0) is 38.1 Å². The van der Waals surface area contributed by atoms with E-state index < -0.39 is 5.79 Å². The zero-order valence-electron chi connectivity index (χ0n) is 15.0. The summed E-state index contributed by atoms with van der Waals surface area (Å²) in [5.41, 5.74) is 0.690. The van der Waals surface area contributed by atoms with Crippen molar-refractivity contribution in [1.29, 1.82) is 0 Å². The molecule has 0 aromatic heterocycles. The number of rotatable bonds is 2. The van der Waals surface area contributed by atoms with Crippen molar-refractivity contribution in [3.8, 4) is 0 Å². The molecule has 2 amide bonds. The highest BCUT2D eigenvalue weighted by Gasteiger charge is 2.51. The Morgan fingerprint density at radius 3 is 2.38 bits per heavy atom. The van der Waals surface area contributed by atoms with Crippen LogP contribution in [0.2, 0.25) is 5.02 Å². The highest BCUT2D eigenvalue weighted by atomic mass is 35.5. The third-order valence-corrected chi connectivity index (χ3v) is 5.68. The number of benzene rings is 1. The predicted molar refractivity (Wildman–Crippen MR) is 96.9 cm³/mol. The van der Waals surface area contributed by atoms with Crippen LogP contribution in [0.3, 0.4) is 0 Å². The van der Waals surface area contributed by atoms with Gasteiger partial charge in [0.1, 0.15) is 0 Å². The van der Waals surface area contributed by atoms with Crippen LogP contribution in [0.4, 0.5) is 5.69 Å². The molecule has 0 saturated carbocycles. The molecular weight excluding hydrogens is 356 g/mol. The molecule has 1 spiro atoms. The minimum Gasteiger partial charge on any atom is -0.350 e. The lowest BCUT2D eigenvalue weighted by molar-refractivity contribution is -0.303. The van der Waals surface area contributed by atoms with Crippen molar-refractivity contribution in [2.75, 3.05) is 37.7 Å². The Morgan fingerprint density at radius 1 is 1.15 bits per heavy atom. The normalized spacial score (nSPS) is 26.9. The zero-order valence-corrected chi connectivity index (χ0v) is 15.8. The first-order chi connectivity index (χ1) is 12.3. The molecule has 3 saturated heterocycles. The quantitative estimate of drug-likeness (QED) is 0.792. The molecule has 3 aliphatic rings. The Kier molecular flexibility index (Phi) is 4.25. The third-order valence-electron chi connectivity index (χ3n) is 5.43. The number of hydrogen-bond acceptors (Lipinski definition) is 4. The fraction of sp³-hybridized carbons (Fsp3) is 0.579. The largest absolute Gasteiger partial charge is 0.350 e. The van der Waals surface area contributed by atoms with Gasteiger partial charge in [-0.25, -0.2) is 0 Å². The number of likely N-dealkylation sites (tertiary alicyclic amines) is 1. The highest BCUT2D eigenvalue weighted by molar-refractivity contribution is 6.30. The van der Waals surface area contributed by atoms with E-state index in [1.165, 1.54) is 0 Å². The van der Waals surface area contributed by atoms with E-state index in [9.17, 15) is 9.59 Å². The summed E-state index contributed by atoms with van der Waals surface area (Å²) in [5, 5.41) is 0.624. The third kappa shape index (κ3) is 3.21. The van der Waals surface area contributed by atoms with Crippen molar-refractivity contribution >= 4 is 29.1 Å². The highest BCUT2D eigenvalue weighted by Crippen LogP contribution is 2.39. The van der Waals surface area contributed by atoms with E-state index in [4.69, 9.17) is 21.1 Å². The monoisotopic (exact) mass is 378 g/mol. The fourth-order valence-corrected chi connectivity index (χ4v) is 3.97. The molecule has 1 atom stereocenters. The van der Waals surface area contributed by atoms with E-state index in [2.05, 4.69) is 0 Å². The van der Waals surface area contributed by atoms with Crippen LogP contribution in [0.5, 0.6) is 0 Å². The molecule has 4 rings (SSSR count). The minimum atomic E-state index is -0.549. The molecule has 6 nitrogen and oxygen atoms in total. The summed E-state index contributed by atoms with van der Waals surface area (Å²) >= 11 is 5.91. The van der Waals surface area contributed by atoms with E-state index in [0.29, 0.717) is 37.9 Å². The van der Waals surface area contributed by atoms with Gasteiger partial charge >= 0.3 is 0 Å². The number of ether oxygens (including phenoxy) is 2. The lowest BCUT2D eigenvalue weighted by atomic mass is 9.79. The number of halogens is 1. The van der Waals surface area contributed by atoms with Crippen LogP contribution in [-0.2, 0) is 19.1 Å². The molecule has 26 heavy (non-hydrogen) atoms. The van der Waals surface area contributed by atoms with Crippen LogP contribution in [0.1, 0.15) is 20.3 Å². The summed E-state index contributed by atoms with van der Waals surface area (Å²) in [6.45, 7) is 6.69. The summed E-state index contributed by atoms with van der Waals surface area (Å²) in [5.74, 6) is -0.818. The van der Waals surface area contributed by atoms with Gasteiger partial charge in [-0.3, -0.25) is 9.59 Å². The van der Waals surface area contributed by atoms with Gasteiger partial charge in [0.25, 0.3) is 0 Å². The molecular formula is C19H23ClN2O4. The molecule has 1 unspecified atom stereocenters. The van der Waals surface area contributed by atoms with Crippen molar-refractivity contribution in [2.24, 2.45) is 11.3 Å². The van der Waals surface area contributed by atoms with E-state index in [1.807, 2.05) is 30.9 Å². The zero-order chi connectivity index (χ0) is 18.5. The van der Waals surface area contributed by atoms with Crippen molar-refractivity contribution < 1.29 is 19.1 Å². The molecule has 0 bridgehead atoms. The van der Waals surface area contributed by atoms with Crippen LogP contribution < -0.4 is 4.90 Å². The molecule has 1 aromatic rings. The maximum absolute atomic E-state index is 12.8. The second-order valence-electron chi connectivity index (χ2n) is 8.05. The molecule has 3 aliphatic heterocycles. The van der Waals surface area contributed by atoms with Crippen LogP contribution in [0.15, 0.2) is 24.3 Å². The van der Waals surface area contributed by atoms with E-state index in [1.54, 1.807) is 17.0 Å². The standard InChI is InChI=1S/C19H23ClN2O4/c1-18(2)25-11-19(12-26-18)9-21(10-19)17(24)13-7-16(23)22(8-13)15-5-3-14(20)4-6-15/h3-6,13H,7-12H2,1-2H3. The molecule has 0 N–H and O–H groups in total. The van der Waals surface area contributed by atoms with E-state index in [-0.39, 0.29) is 29.6 Å². The lowest BCUT2D eigenvalue weighted by Crippen LogP contribution is -2.66. The van der Waals surface area contributed by atoms with Crippen molar-refractivity contribution in [3.63, 3.8) is 0 Å². The van der Waals surface area contributed by atoms with Gasteiger partial charge in [-0.15, -0.1) is 0 Å². The van der Waals surface area contributed by atoms with E-state index >= 15 is 0 Å². The van der Waals surface area contributed by atoms with Gasteiger partial charge in [0.05, 0.1) is 24.5 Å². The average Bonchev–Trinajstić information content (AvgIpc) is 2.95. The van der Waals surface area contributed by atoms with Crippen molar-refractivity contribution in [1.82, 2.24) is 4.90 Å². The molecule has 3 heterocycles. The predicted octanol–water partition coefficient (Wildman–Crippen LogP) is 2.30. The Labute approximate surface area is 158 Å². The summed E-state index contributed by atoms with van der Waals surface area (Å²) in [7, 11) is 0. The first kappa shape index (κ1) is 17.8. The van der Waals surface area contributed by atoms with E-state index in [0.717, 1.165) is 5.69 Å². The first-order valence-corrected chi connectivity index (χ1v) is 9.27. The van der Waals surface area contributed by atoms with Crippen LogP contribution in [0.25, 0.3) is 0 Å². The number of nitrogens with zero attached hydrogens (tertiary/aromatic N) is 2. The smallest absolute Gasteiger partial charge is 0.228 e. The maximum atomic E-state index is 12.8. The van der Waals surface area contributed by atoms with Gasteiger partial charge in [-0.1, -0.05) is 11.6 Å². The second-order valence-corrected chi connectivity index (χ2v) is 8.49. The van der Waals surface area contributed by atoms with Crippen molar-refractivity contribution in [3.05, 3.63) is 29.3 Å². The molecule has 3 fully saturated rings. The van der Waals surface area contributed by atoms with Crippen LogP contribution >= 0.6 is 11.6 Å². The molecule has 0 radical (unpaired) electrons. The topological polar surface area (TPSA) is 59.1 Å². The Hall–Kier alpha value is -1.63. The Bertz CT molecular complexity index is 716. The number of carbonyl (C=O) groups is 2. The van der Waals surface area contributed by atoms with Crippen molar-refractivity contribution in [2.45, 2.75) is 26.1 Å². The number of anilines is 1. The Balaban J connectivity index is 1.35. The first-order valence-electron chi connectivity index (χ1n) is 8.90. The van der Waals surface area contributed by atoms with Gasteiger partial charge in [0.15, 0.2) is 5.79 Å². The summed E-state index contributed by atoms with van der Waals surface area (Å²) < 4.78 is 11.5.